The fraction of sp³-hybridized carbons (Fsp3) is 0.304. The number of carbonyl (C=O) groups is 1. The number of carbonyl (C=O) groups excluding carboxylic acids is 1. The Morgan fingerprint density at radius 1 is 1.11 bits per heavy atom. The first-order chi connectivity index (χ1) is 13.5. The molecule has 0 fully saturated rings. The fourth-order valence-electron chi connectivity index (χ4n) is 3.15. The van der Waals surface area contributed by atoms with Gasteiger partial charge in [0.05, 0.1) is 23.9 Å². The molecular formula is C23H27N3O2. The summed E-state index contributed by atoms with van der Waals surface area (Å²) in [6, 6.07) is 16.1. The van der Waals surface area contributed by atoms with E-state index in [0.29, 0.717) is 12.1 Å². The van der Waals surface area contributed by atoms with Gasteiger partial charge in [-0.15, -0.1) is 0 Å². The molecule has 3 rings (SSSR count). The summed E-state index contributed by atoms with van der Waals surface area (Å²) in [5.74, 6) is 0.681. The van der Waals surface area contributed by atoms with Gasteiger partial charge in [-0.1, -0.05) is 12.1 Å². The molecule has 0 aliphatic carbocycles. The third-order valence-electron chi connectivity index (χ3n) is 4.84. The maximum atomic E-state index is 12.6. The minimum atomic E-state index is -0.0781. The monoisotopic (exact) mass is 377 g/mol. The lowest BCUT2D eigenvalue weighted by Crippen LogP contribution is -2.25. The van der Waals surface area contributed by atoms with E-state index < -0.39 is 0 Å². The van der Waals surface area contributed by atoms with Gasteiger partial charge in [-0.3, -0.25) is 9.78 Å². The Morgan fingerprint density at radius 3 is 2.54 bits per heavy atom. The van der Waals surface area contributed by atoms with Gasteiger partial charge in [-0.05, 0) is 55.7 Å². The van der Waals surface area contributed by atoms with Crippen molar-refractivity contribution in [3.05, 3.63) is 65.4 Å². The number of hydrogen-bond donors (Lipinski definition) is 1. The number of rotatable bonds is 7. The summed E-state index contributed by atoms with van der Waals surface area (Å²) in [4.78, 5) is 19.2. The number of nitrogens with one attached hydrogen (secondary N) is 1. The number of fused-ring (bicyclic) bond motifs is 1. The minimum absolute atomic E-state index is 0.0781. The number of amides is 1. The number of hydrogen-bond acceptors (Lipinski definition) is 4. The first-order valence-electron chi connectivity index (χ1n) is 9.48. The Bertz CT molecular complexity index is 965. The molecule has 0 aliphatic heterocycles. The van der Waals surface area contributed by atoms with Gasteiger partial charge in [0.15, 0.2) is 0 Å². The van der Waals surface area contributed by atoms with Crippen LogP contribution in [0.25, 0.3) is 10.9 Å². The lowest BCUT2D eigenvalue weighted by Gasteiger charge is -2.13. The van der Waals surface area contributed by atoms with E-state index in [-0.39, 0.29) is 5.91 Å². The first-order valence-corrected chi connectivity index (χ1v) is 9.48. The zero-order valence-electron chi connectivity index (χ0n) is 17.0. The highest BCUT2D eigenvalue weighted by Gasteiger charge is 2.11. The Labute approximate surface area is 166 Å². The average molecular weight is 377 g/mol. The summed E-state index contributed by atoms with van der Waals surface area (Å²) < 4.78 is 5.24. The van der Waals surface area contributed by atoms with Gasteiger partial charge in [0.25, 0.3) is 5.91 Å². The SMILES string of the molecule is COc1ccc2cc(C(=O)NCCCc3ccc(N(C)C)cc3)c(C)nc2c1. The molecule has 5 nitrogen and oxygen atoms in total. The zero-order valence-corrected chi connectivity index (χ0v) is 17.0. The summed E-state index contributed by atoms with van der Waals surface area (Å²) in [6.45, 7) is 2.49. The molecular weight excluding hydrogens is 350 g/mol. The van der Waals surface area contributed by atoms with Gasteiger partial charge in [-0.25, -0.2) is 0 Å². The molecule has 3 aromatic rings. The molecule has 5 heteroatoms. The Morgan fingerprint density at radius 2 is 1.86 bits per heavy atom. The Balaban J connectivity index is 1.58. The highest BCUT2D eigenvalue weighted by atomic mass is 16.5. The van der Waals surface area contributed by atoms with E-state index in [0.717, 1.165) is 35.2 Å². The Hall–Kier alpha value is -3.08. The summed E-state index contributed by atoms with van der Waals surface area (Å²) in [5, 5.41) is 3.94. The van der Waals surface area contributed by atoms with Crippen molar-refractivity contribution in [3.8, 4) is 5.75 Å². The van der Waals surface area contributed by atoms with Crippen molar-refractivity contribution in [3.63, 3.8) is 0 Å². The van der Waals surface area contributed by atoms with Crippen molar-refractivity contribution in [1.82, 2.24) is 10.3 Å². The van der Waals surface area contributed by atoms with Crippen LogP contribution in [-0.4, -0.2) is 38.6 Å². The smallest absolute Gasteiger partial charge is 0.253 e. The molecule has 146 valence electrons. The van der Waals surface area contributed by atoms with E-state index in [2.05, 4.69) is 39.5 Å². The van der Waals surface area contributed by atoms with Gasteiger partial charge < -0.3 is 15.0 Å². The number of methoxy groups -OCH3 is 1. The van der Waals surface area contributed by atoms with Crippen molar-refractivity contribution >= 4 is 22.5 Å². The number of nitrogens with zero attached hydrogens (tertiary/aromatic N) is 2. The molecule has 0 atom stereocenters. The molecule has 1 N–H and O–H groups in total. The minimum Gasteiger partial charge on any atom is -0.497 e. The van der Waals surface area contributed by atoms with Crippen molar-refractivity contribution < 1.29 is 9.53 Å². The largest absolute Gasteiger partial charge is 0.497 e. The van der Waals surface area contributed by atoms with Crippen LogP contribution < -0.4 is 15.0 Å². The summed E-state index contributed by atoms with van der Waals surface area (Å²) in [5.41, 5.74) is 4.63. The average Bonchev–Trinajstić information content (AvgIpc) is 2.70. The van der Waals surface area contributed by atoms with Crippen LogP contribution in [0.2, 0.25) is 0 Å². The van der Waals surface area contributed by atoms with Crippen LogP contribution in [-0.2, 0) is 6.42 Å². The highest BCUT2D eigenvalue weighted by Crippen LogP contribution is 2.21. The Kier molecular flexibility index (Phi) is 6.14. The zero-order chi connectivity index (χ0) is 20.1. The van der Waals surface area contributed by atoms with E-state index in [9.17, 15) is 4.79 Å². The number of aryl methyl sites for hydroxylation is 2. The molecule has 2 aromatic carbocycles. The number of aromatic nitrogens is 1. The van der Waals surface area contributed by atoms with Crippen LogP contribution in [0.5, 0.6) is 5.75 Å². The van der Waals surface area contributed by atoms with Crippen molar-refractivity contribution in [2.75, 3.05) is 32.6 Å². The number of anilines is 1. The molecule has 1 amide bonds. The molecule has 1 heterocycles. The van der Waals surface area contributed by atoms with Crippen molar-refractivity contribution in [2.24, 2.45) is 0 Å². The maximum Gasteiger partial charge on any atom is 0.253 e. The molecule has 0 aliphatic rings. The molecule has 0 radical (unpaired) electrons. The maximum absolute atomic E-state index is 12.6. The molecule has 28 heavy (non-hydrogen) atoms. The summed E-state index contributed by atoms with van der Waals surface area (Å²) in [6.07, 6.45) is 1.83. The van der Waals surface area contributed by atoms with E-state index in [1.807, 2.05) is 45.3 Å². The van der Waals surface area contributed by atoms with Crippen LogP contribution in [0.15, 0.2) is 48.5 Å². The van der Waals surface area contributed by atoms with Crippen LogP contribution in [0.3, 0.4) is 0 Å². The van der Waals surface area contributed by atoms with Crippen LogP contribution in [0, 0.1) is 6.92 Å². The standard InChI is InChI=1S/C23H27N3O2/c1-16-21(14-18-9-12-20(28-4)15-22(18)25-16)23(27)24-13-5-6-17-7-10-19(11-8-17)26(2)3/h7-12,14-15H,5-6,13H2,1-4H3,(H,24,27). The topological polar surface area (TPSA) is 54.5 Å². The normalized spacial score (nSPS) is 10.7. The molecule has 0 spiro atoms. The molecule has 0 saturated heterocycles. The van der Waals surface area contributed by atoms with E-state index in [1.54, 1.807) is 7.11 Å². The van der Waals surface area contributed by atoms with E-state index in [1.165, 1.54) is 11.3 Å². The second kappa shape index (κ2) is 8.74. The van der Waals surface area contributed by atoms with Gasteiger partial charge in [-0.2, -0.15) is 0 Å². The second-order valence-corrected chi connectivity index (χ2v) is 7.10. The number of benzene rings is 2. The summed E-state index contributed by atoms with van der Waals surface area (Å²) in [7, 11) is 5.70. The van der Waals surface area contributed by atoms with Gasteiger partial charge >= 0.3 is 0 Å². The number of pyridine rings is 1. The van der Waals surface area contributed by atoms with Crippen LogP contribution in [0.4, 0.5) is 5.69 Å². The quantitative estimate of drug-likeness (QED) is 0.633. The van der Waals surface area contributed by atoms with E-state index >= 15 is 0 Å². The fourth-order valence-corrected chi connectivity index (χ4v) is 3.15. The molecule has 1 aromatic heterocycles. The van der Waals surface area contributed by atoms with Crippen molar-refractivity contribution in [1.29, 1.82) is 0 Å². The van der Waals surface area contributed by atoms with Crippen molar-refractivity contribution in [2.45, 2.75) is 19.8 Å². The molecule has 0 bridgehead atoms. The third-order valence-corrected chi connectivity index (χ3v) is 4.84. The predicted molar refractivity (Wildman–Crippen MR) is 114 cm³/mol. The first kappa shape index (κ1) is 19.7. The van der Waals surface area contributed by atoms with Crippen LogP contribution >= 0.6 is 0 Å². The van der Waals surface area contributed by atoms with Gasteiger partial charge in [0.1, 0.15) is 5.75 Å². The summed E-state index contributed by atoms with van der Waals surface area (Å²) >= 11 is 0. The van der Waals surface area contributed by atoms with E-state index in [4.69, 9.17) is 4.74 Å². The second-order valence-electron chi connectivity index (χ2n) is 7.10. The number of ether oxygens (including phenoxy) is 1. The molecule has 0 unspecified atom stereocenters. The van der Waals surface area contributed by atoms with Gasteiger partial charge in [0.2, 0.25) is 0 Å². The lowest BCUT2D eigenvalue weighted by molar-refractivity contribution is 0.0952. The lowest BCUT2D eigenvalue weighted by atomic mass is 10.1. The van der Waals surface area contributed by atoms with Gasteiger partial charge in [0, 0.05) is 37.8 Å². The highest BCUT2D eigenvalue weighted by molar-refractivity contribution is 5.98. The molecule has 0 saturated carbocycles. The van der Waals surface area contributed by atoms with Crippen LogP contribution in [0.1, 0.15) is 28.0 Å². The third kappa shape index (κ3) is 4.60. The predicted octanol–water partition coefficient (Wildman–Crippen LogP) is 3.98.